The second-order valence-corrected chi connectivity index (χ2v) is 5.76. The van der Waals surface area contributed by atoms with E-state index in [0.29, 0.717) is 17.9 Å². The molecular formula is C20H24NO2+. The average Bonchev–Trinajstić information content (AvgIpc) is 2.57. The lowest BCUT2D eigenvalue weighted by molar-refractivity contribution is -0.458. The van der Waals surface area contributed by atoms with E-state index in [2.05, 4.69) is 0 Å². The molecule has 0 N–H and O–H groups in total. The third-order valence-corrected chi connectivity index (χ3v) is 4.16. The molecule has 0 bridgehead atoms. The van der Waals surface area contributed by atoms with E-state index in [1.165, 1.54) is 5.57 Å². The van der Waals surface area contributed by atoms with Crippen molar-refractivity contribution in [2.24, 2.45) is 0 Å². The van der Waals surface area contributed by atoms with Gasteiger partial charge < -0.3 is 4.74 Å². The third-order valence-electron chi connectivity index (χ3n) is 4.16. The normalized spacial score (nSPS) is 11.4. The molecule has 2 aromatic carbocycles. The fourth-order valence-electron chi connectivity index (χ4n) is 2.61. The van der Waals surface area contributed by atoms with Gasteiger partial charge in [0, 0.05) is 19.2 Å². The van der Waals surface area contributed by atoms with Crippen molar-refractivity contribution in [1.82, 2.24) is 0 Å². The number of carbonyl (C=O) groups excluding carboxylic acids is 1. The van der Waals surface area contributed by atoms with Gasteiger partial charge in [-0.25, -0.2) is 0 Å². The number of rotatable bonds is 5. The maximum atomic E-state index is 12.8. The summed E-state index contributed by atoms with van der Waals surface area (Å²) in [5, 5.41) is 2.03. The second kappa shape index (κ2) is 7.23. The lowest BCUT2D eigenvalue weighted by Crippen LogP contribution is -2.21. The molecular weight excluding hydrogens is 286 g/mol. The van der Waals surface area contributed by atoms with Crippen LogP contribution in [0.15, 0.2) is 47.7 Å². The largest absolute Gasteiger partial charge is 0.495 e. The van der Waals surface area contributed by atoms with Gasteiger partial charge in [0.15, 0.2) is 5.70 Å². The first-order valence-corrected chi connectivity index (χ1v) is 7.78. The highest BCUT2D eigenvalue weighted by Gasteiger charge is 2.21. The summed E-state index contributed by atoms with van der Waals surface area (Å²) in [4.78, 5) is 12.8. The first-order chi connectivity index (χ1) is 11.0. The van der Waals surface area contributed by atoms with E-state index in [9.17, 15) is 4.79 Å². The zero-order valence-corrected chi connectivity index (χ0v) is 14.5. The smallest absolute Gasteiger partial charge is 0.231 e. The molecule has 2 aromatic rings. The maximum absolute atomic E-state index is 12.8. The molecule has 120 valence electrons. The second-order valence-electron chi connectivity index (χ2n) is 5.76. The van der Waals surface area contributed by atoms with Crippen molar-refractivity contribution in [3.05, 3.63) is 53.2 Å². The van der Waals surface area contributed by atoms with E-state index in [4.69, 9.17) is 4.74 Å². The Balaban J connectivity index is 2.44. The van der Waals surface area contributed by atoms with Crippen molar-refractivity contribution < 1.29 is 14.1 Å². The van der Waals surface area contributed by atoms with Crippen LogP contribution in [0.1, 0.15) is 38.1 Å². The highest BCUT2D eigenvalue weighted by atomic mass is 16.5. The van der Waals surface area contributed by atoms with E-state index in [1.807, 2.05) is 74.9 Å². The Labute approximate surface area is 137 Å². The summed E-state index contributed by atoms with van der Waals surface area (Å²) in [7, 11) is 1.61. The van der Waals surface area contributed by atoms with Crippen LogP contribution >= 0.6 is 0 Å². The third kappa shape index (κ3) is 3.50. The zero-order valence-electron chi connectivity index (χ0n) is 14.5. The highest BCUT2D eigenvalue weighted by Crippen LogP contribution is 2.30. The Morgan fingerprint density at radius 2 is 1.83 bits per heavy atom. The van der Waals surface area contributed by atoms with Crippen LogP contribution in [0, 0.1) is 0 Å². The molecule has 0 atom stereocenters. The van der Waals surface area contributed by atoms with Gasteiger partial charge in [-0.05, 0) is 30.9 Å². The Hall–Kier alpha value is -2.42. The molecule has 0 aromatic heterocycles. The van der Waals surface area contributed by atoms with Gasteiger partial charge in [-0.15, -0.1) is 0 Å². The number of methoxy groups -OCH3 is 1. The molecule has 0 aliphatic carbocycles. The number of allylic oxidation sites excluding steroid dienone is 2. The van der Waals surface area contributed by atoms with E-state index < -0.39 is 0 Å². The fraction of sp³-hybridized carbons (Fsp3) is 0.300. The number of fused-ring (bicyclic) bond motifs is 1. The van der Waals surface area contributed by atoms with Crippen molar-refractivity contribution >= 4 is 22.8 Å². The molecule has 0 heterocycles. The minimum Gasteiger partial charge on any atom is -0.495 e. The molecule has 0 unspecified atom stereocenters. The van der Waals surface area contributed by atoms with Crippen LogP contribution in [0.5, 0.6) is 5.75 Å². The van der Waals surface area contributed by atoms with Crippen LogP contribution in [-0.4, -0.2) is 30.2 Å². The summed E-state index contributed by atoms with van der Waals surface area (Å²) in [5.41, 5.74) is 2.92. The van der Waals surface area contributed by atoms with Crippen molar-refractivity contribution in [3.8, 4) is 5.75 Å². The number of benzene rings is 2. The Bertz CT molecular complexity index is 796. The lowest BCUT2D eigenvalue weighted by Gasteiger charge is -2.11. The minimum absolute atomic E-state index is 0.0475. The maximum Gasteiger partial charge on any atom is 0.231 e. The first-order valence-electron chi connectivity index (χ1n) is 7.78. The summed E-state index contributed by atoms with van der Waals surface area (Å²) < 4.78 is 7.52. The summed E-state index contributed by atoms with van der Waals surface area (Å²) in [6.45, 7) is 8.37. The fourth-order valence-corrected chi connectivity index (χ4v) is 2.61. The molecule has 0 aliphatic heterocycles. The molecule has 0 spiro atoms. The van der Waals surface area contributed by atoms with Gasteiger partial charge in [-0.2, -0.15) is 4.58 Å². The number of hydrogen-bond donors (Lipinski definition) is 0. The molecule has 0 saturated heterocycles. The molecule has 3 nitrogen and oxygen atoms in total. The SMILES string of the molecule is CC=[N+](CC(=O)c1ccc2ccccc2c1OC)C(C)=C(C)C. The summed E-state index contributed by atoms with van der Waals surface area (Å²) in [6.07, 6.45) is 1.94. The van der Waals surface area contributed by atoms with E-state index in [1.54, 1.807) is 7.11 Å². The quantitative estimate of drug-likeness (QED) is 0.464. The first kappa shape index (κ1) is 16.9. The molecule has 0 saturated carbocycles. The number of Topliss-reactive ketones (excluding diaryl/α,β-unsaturated/α-hetero) is 1. The van der Waals surface area contributed by atoms with Crippen LogP contribution in [0.4, 0.5) is 0 Å². The Morgan fingerprint density at radius 3 is 2.43 bits per heavy atom. The van der Waals surface area contributed by atoms with Crippen molar-refractivity contribution in [1.29, 1.82) is 0 Å². The zero-order chi connectivity index (χ0) is 17.0. The van der Waals surface area contributed by atoms with Gasteiger partial charge in [-0.1, -0.05) is 30.3 Å². The standard InChI is InChI=1S/C20H24NO2/c1-6-21(15(4)14(2)3)13-19(22)18-12-11-16-9-7-8-10-17(16)20(18)23-5/h6-12H,13H2,1-5H3/q+1. The summed E-state index contributed by atoms with van der Waals surface area (Å²) in [6, 6.07) is 11.8. The number of carbonyl (C=O) groups is 1. The molecule has 23 heavy (non-hydrogen) atoms. The van der Waals surface area contributed by atoms with Gasteiger partial charge in [0.25, 0.3) is 0 Å². The van der Waals surface area contributed by atoms with Crippen LogP contribution in [0.2, 0.25) is 0 Å². The van der Waals surface area contributed by atoms with Crippen LogP contribution in [0.3, 0.4) is 0 Å². The molecule has 0 amide bonds. The Kier molecular flexibility index (Phi) is 5.32. The monoisotopic (exact) mass is 310 g/mol. The number of ketones is 1. The van der Waals surface area contributed by atoms with Crippen LogP contribution in [0.25, 0.3) is 10.8 Å². The van der Waals surface area contributed by atoms with Crippen molar-refractivity contribution in [3.63, 3.8) is 0 Å². The predicted molar refractivity (Wildman–Crippen MR) is 95.7 cm³/mol. The average molecular weight is 310 g/mol. The summed E-state index contributed by atoms with van der Waals surface area (Å²) in [5.74, 6) is 0.699. The van der Waals surface area contributed by atoms with Crippen molar-refractivity contribution in [2.75, 3.05) is 13.7 Å². The van der Waals surface area contributed by atoms with Gasteiger partial charge in [0.1, 0.15) is 12.0 Å². The van der Waals surface area contributed by atoms with Gasteiger partial charge in [-0.3, -0.25) is 4.79 Å². The van der Waals surface area contributed by atoms with Gasteiger partial charge in [0.05, 0.1) is 12.7 Å². The Morgan fingerprint density at radius 1 is 1.13 bits per heavy atom. The van der Waals surface area contributed by atoms with E-state index >= 15 is 0 Å². The lowest BCUT2D eigenvalue weighted by atomic mass is 10.0. The topological polar surface area (TPSA) is 29.3 Å². The van der Waals surface area contributed by atoms with E-state index in [-0.39, 0.29) is 5.78 Å². The molecule has 2 rings (SSSR count). The number of hydrogen-bond acceptors (Lipinski definition) is 2. The highest BCUT2D eigenvalue weighted by molar-refractivity contribution is 6.05. The van der Waals surface area contributed by atoms with Crippen LogP contribution in [-0.2, 0) is 0 Å². The van der Waals surface area contributed by atoms with E-state index in [0.717, 1.165) is 16.5 Å². The predicted octanol–water partition coefficient (Wildman–Crippen LogP) is 4.45. The minimum atomic E-state index is 0.0475. The molecule has 0 aliphatic rings. The number of ether oxygens (including phenoxy) is 1. The molecule has 0 radical (unpaired) electrons. The van der Waals surface area contributed by atoms with Crippen LogP contribution < -0.4 is 4.74 Å². The van der Waals surface area contributed by atoms with Gasteiger partial charge >= 0.3 is 0 Å². The van der Waals surface area contributed by atoms with Crippen molar-refractivity contribution in [2.45, 2.75) is 27.7 Å². The molecule has 3 heteroatoms. The van der Waals surface area contributed by atoms with Gasteiger partial charge in [0.2, 0.25) is 12.3 Å². The molecule has 0 fully saturated rings. The number of nitrogens with zero attached hydrogens (tertiary/aromatic N) is 1. The summed E-state index contributed by atoms with van der Waals surface area (Å²) >= 11 is 0.